The zero-order valence-corrected chi connectivity index (χ0v) is 13.2. The normalized spacial score (nSPS) is 13.1. The number of hydrogen-bond donors (Lipinski definition) is 1. The fourth-order valence-corrected chi connectivity index (χ4v) is 2.29. The van der Waals surface area contributed by atoms with Crippen LogP contribution in [0.4, 0.5) is 0 Å². The van der Waals surface area contributed by atoms with Gasteiger partial charge in [0.05, 0.1) is 11.8 Å². The van der Waals surface area contributed by atoms with E-state index in [0.29, 0.717) is 30.3 Å². The largest absolute Gasteiger partial charge is 0.486 e. The highest BCUT2D eigenvalue weighted by Crippen LogP contribution is 2.33. The van der Waals surface area contributed by atoms with E-state index in [-0.39, 0.29) is 5.91 Å². The van der Waals surface area contributed by atoms with Crippen LogP contribution in [0.3, 0.4) is 0 Å². The van der Waals surface area contributed by atoms with Crippen LogP contribution in [-0.2, 0) is 0 Å². The molecule has 0 spiro atoms. The lowest BCUT2D eigenvalue weighted by Crippen LogP contribution is -2.22. The third-order valence-electron chi connectivity index (χ3n) is 3.06. The van der Waals surface area contributed by atoms with Crippen LogP contribution in [-0.4, -0.2) is 25.3 Å². The number of para-hydroxylation sites is 1. The van der Waals surface area contributed by atoms with Gasteiger partial charge in [0.25, 0.3) is 5.91 Å². The first-order chi connectivity index (χ1) is 10.7. The molecule has 0 atom stereocenters. The van der Waals surface area contributed by atoms with E-state index in [1.54, 1.807) is 24.4 Å². The maximum atomic E-state index is 12.2. The van der Waals surface area contributed by atoms with E-state index in [9.17, 15) is 4.79 Å². The molecule has 1 aliphatic rings. The minimum atomic E-state index is -0.337. The molecule has 112 valence electrons. The van der Waals surface area contributed by atoms with E-state index in [2.05, 4.69) is 26.5 Å². The van der Waals surface area contributed by atoms with Crippen molar-refractivity contribution in [2.45, 2.75) is 0 Å². The summed E-state index contributed by atoms with van der Waals surface area (Å²) in [5, 5.41) is 3.96. The number of halogens is 1. The van der Waals surface area contributed by atoms with Crippen molar-refractivity contribution >= 4 is 28.1 Å². The Morgan fingerprint density at radius 3 is 2.73 bits per heavy atom. The second-order valence-corrected chi connectivity index (χ2v) is 5.50. The average Bonchev–Trinajstić information content (AvgIpc) is 2.56. The summed E-state index contributed by atoms with van der Waals surface area (Å²) in [5.74, 6) is 0.705. The van der Waals surface area contributed by atoms with Gasteiger partial charge in [-0.2, -0.15) is 5.10 Å². The molecule has 0 radical (unpaired) electrons. The fraction of sp³-hybridized carbons (Fsp3) is 0.125. The van der Waals surface area contributed by atoms with Gasteiger partial charge in [-0.25, -0.2) is 5.43 Å². The Hall–Kier alpha value is -2.34. The molecular weight excluding hydrogens is 348 g/mol. The standard InChI is InChI=1S/C16H13BrN2O3/c17-12-6-4-11(5-7-12)10-18-19-16(20)13-2-1-3-14-15(13)22-9-8-21-14/h1-7,10H,8-9H2,(H,19,20)/b18-10+. The zero-order valence-electron chi connectivity index (χ0n) is 11.6. The first kappa shape index (κ1) is 14.6. The van der Waals surface area contributed by atoms with E-state index in [1.165, 1.54) is 0 Å². The highest BCUT2D eigenvalue weighted by Gasteiger charge is 2.19. The molecule has 2 aromatic rings. The SMILES string of the molecule is O=C(N/N=C/c1ccc(Br)cc1)c1cccc2c1OCCO2. The van der Waals surface area contributed by atoms with Gasteiger partial charge in [0, 0.05) is 4.47 Å². The van der Waals surface area contributed by atoms with Crippen LogP contribution in [0.1, 0.15) is 15.9 Å². The molecule has 0 fully saturated rings. The smallest absolute Gasteiger partial charge is 0.275 e. The number of benzene rings is 2. The first-order valence-corrected chi connectivity index (χ1v) is 7.51. The summed E-state index contributed by atoms with van der Waals surface area (Å²) >= 11 is 3.36. The number of carbonyl (C=O) groups excluding carboxylic acids is 1. The lowest BCUT2D eigenvalue weighted by Gasteiger charge is -2.20. The topological polar surface area (TPSA) is 59.9 Å². The number of hydrogen-bond acceptors (Lipinski definition) is 4. The summed E-state index contributed by atoms with van der Waals surface area (Å²) in [7, 11) is 0. The Balaban J connectivity index is 1.71. The molecule has 1 heterocycles. The molecule has 3 rings (SSSR count). The molecule has 0 bridgehead atoms. The molecular formula is C16H13BrN2O3. The lowest BCUT2D eigenvalue weighted by molar-refractivity contribution is 0.0944. The third-order valence-corrected chi connectivity index (χ3v) is 3.59. The molecule has 0 aromatic heterocycles. The molecule has 1 amide bonds. The first-order valence-electron chi connectivity index (χ1n) is 6.71. The van der Waals surface area contributed by atoms with Crippen molar-refractivity contribution in [2.75, 3.05) is 13.2 Å². The second-order valence-electron chi connectivity index (χ2n) is 4.58. The summed E-state index contributed by atoms with van der Waals surface area (Å²) in [6.07, 6.45) is 1.58. The Labute approximate surface area is 136 Å². The Morgan fingerprint density at radius 2 is 1.91 bits per heavy atom. The highest BCUT2D eigenvalue weighted by molar-refractivity contribution is 9.10. The lowest BCUT2D eigenvalue weighted by atomic mass is 10.1. The molecule has 22 heavy (non-hydrogen) atoms. The van der Waals surface area contributed by atoms with Crippen LogP contribution < -0.4 is 14.9 Å². The molecule has 0 saturated heterocycles. The van der Waals surface area contributed by atoms with Crippen molar-refractivity contribution in [1.29, 1.82) is 0 Å². The Bertz CT molecular complexity index is 714. The zero-order chi connectivity index (χ0) is 15.4. The molecule has 0 unspecified atom stereocenters. The van der Waals surface area contributed by atoms with E-state index in [0.717, 1.165) is 10.0 Å². The maximum absolute atomic E-state index is 12.2. The molecule has 0 aliphatic carbocycles. The molecule has 1 aliphatic heterocycles. The fourth-order valence-electron chi connectivity index (χ4n) is 2.03. The van der Waals surface area contributed by atoms with Crippen molar-refractivity contribution in [3.8, 4) is 11.5 Å². The van der Waals surface area contributed by atoms with Gasteiger partial charge in [0.15, 0.2) is 11.5 Å². The molecule has 6 heteroatoms. The van der Waals surface area contributed by atoms with Crippen LogP contribution >= 0.6 is 15.9 Å². The van der Waals surface area contributed by atoms with Crippen LogP contribution in [0.15, 0.2) is 52.0 Å². The van der Waals surface area contributed by atoms with Gasteiger partial charge >= 0.3 is 0 Å². The number of rotatable bonds is 3. The van der Waals surface area contributed by atoms with Gasteiger partial charge < -0.3 is 9.47 Å². The van der Waals surface area contributed by atoms with Gasteiger partial charge in [0.2, 0.25) is 0 Å². The van der Waals surface area contributed by atoms with Gasteiger partial charge in [-0.15, -0.1) is 0 Å². The number of ether oxygens (including phenoxy) is 2. The van der Waals surface area contributed by atoms with Crippen molar-refractivity contribution in [3.63, 3.8) is 0 Å². The molecule has 1 N–H and O–H groups in total. The highest BCUT2D eigenvalue weighted by atomic mass is 79.9. The number of carbonyl (C=O) groups is 1. The summed E-state index contributed by atoms with van der Waals surface area (Å²) < 4.78 is 11.9. The van der Waals surface area contributed by atoms with E-state index in [1.807, 2.05) is 24.3 Å². The van der Waals surface area contributed by atoms with E-state index >= 15 is 0 Å². The Kier molecular flexibility index (Phi) is 4.39. The predicted molar refractivity (Wildman–Crippen MR) is 86.6 cm³/mol. The number of nitrogens with zero attached hydrogens (tertiary/aromatic N) is 1. The number of nitrogens with one attached hydrogen (secondary N) is 1. The maximum Gasteiger partial charge on any atom is 0.275 e. The van der Waals surface area contributed by atoms with Gasteiger partial charge in [0.1, 0.15) is 13.2 Å². The minimum Gasteiger partial charge on any atom is -0.486 e. The number of hydrazone groups is 1. The monoisotopic (exact) mass is 360 g/mol. The molecule has 2 aromatic carbocycles. The summed E-state index contributed by atoms with van der Waals surface area (Å²) in [6, 6.07) is 12.8. The average molecular weight is 361 g/mol. The van der Waals surface area contributed by atoms with E-state index < -0.39 is 0 Å². The van der Waals surface area contributed by atoms with Gasteiger partial charge in [-0.3, -0.25) is 4.79 Å². The number of fused-ring (bicyclic) bond motifs is 1. The summed E-state index contributed by atoms with van der Waals surface area (Å²) in [6.45, 7) is 0.916. The van der Waals surface area contributed by atoms with Crippen molar-refractivity contribution < 1.29 is 14.3 Å². The van der Waals surface area contributed by atoms with Crippen molar-refractivity contribution in [3.05, 3.63) is 58.1 Å². The Morgan fingerprint density at radius 1 is 1.14 bits per heavy atom. The summed E-state index contributed by atoms with van der Waals surface area (Å²) in [5.41, 5.74) is 3.79. The third kappa shape index (κ3) is 3.28. The minimum absolute atomic E-state index is 0.337. The van der Waals surface area contributed by atoms with Crippen LogP contribution in [0.25, 0.3) is 0 Å². The van der Waals surface area contributed by atoms with Gasteiger partial charge in [-0.05, 0) is 29.8 Å². The second kappa shape index (κ2) is 6.62. The molecule has 5 nitrogen and oxygen atoms in total. The number of amides is 1. The van der Waals surface area contributed by atoms with Gasteiger partial charge in [-0.1, -0.05) is 34.1 Å². The van der Waals surface area contributed by atoms with Crippen LogP contribution in [0, 0.1) is 0 Å². The quantitative estimate of drug-likeness (QED) is 0.676. The van der Waals surface area contributed by atoms with Crippen molar-refractivity contribution in [2.24, 2.45) is 5.10 Å². The molecule has 0 saturated carbocycles. The van der Waals surface area contributed by atoms with Crippen molar-refractivity contribution in [1.82, 2.24) is 5.43 Å². The van der Waals surface area contributed by atoms with Crippen LogP contribution in [0.5, 0.6) is 11.5 Å². The van der Waals surface area contributed by atoms with E-state index in [4.69, 9.17) is 9.47 Å². The van der Waals surface area contributed by atoms with Crippen LogP contribution in [0.2, 0.25) is 0 Å². The predicted octanol–water partition coefficient (Wildman–Crippen LogP) is 2.98. The summed E-state index contributed by atoms with van der Waals surface area (Å²) in [4.78, 5) is 12.2.